The van der Waals surface area contributed by atoms with E-state index in [1.165, 1.54) is 13.8 Å². The minimum Gasteiger partial charge on any atom is -0.390 e. The molecule has 0 amide bonds. The molecule has 0 bridgehead atoms. The molecule has 2 aliphatic heterocycles. The molecule has 2 heterocycles. The Kier molecular flexibility index (Phi) is 9.17. The van der Waals surface area contributed by atoms with Gasteiger partial charge in [-0.1, -0.05) is 0 Å². The normalized spacial score (nSPS) is 39.1. The molecule has 16 heteroatoms. The summed E-state index contributed by atoms with van der Waals surface area (Å²) in [6, 6.07) is -1.85. The van der Waals surface area contributed by atoms with Gasteiger partial charge in [-0.3, -0.25) is 9.13 Å². The summed E-state index contributed by atoms with van der Waals surface area (Å²) in [6.07, 6.45) is -4.33. The van der Waals surface area contributed by atoms with Gasteiger partial charge in [-0.2, -0.15) is 0 Å². The van der Waals surface area contributed by atoms with Gasteiger partial charge in [0.15, 0.2) is 12.6 Å². The third kappa shape index (κ3) is 9.47. The predicted molar refractivity (Wildman–Crippen MR) is 100 cm³/mol. The first kappa shape index (κ1) is 27.2. The van der Waals surface area contributed by atoms with Crippen LogP contribution in [-0.4, -0.2) is 105 Å². The molecule has 2 fully saturated rings. The second kappa shape index (κ2) is 9.77. The van der Waals surface area contributed by atoms with E-state index in [1.807, 2.05) is 0 Å². The van der Waals surface area contributed by atoms with Crippen LogP contribution < -0.4 is 0 Å². The van der Waals surface area contributed by atoms with Crippen molar-refractivity contribution >= 4 is 30.9 Å². The molecule has 2 rings (SSSR count). The summed E-state index contributed by atoms with van der Waals surface area (Å²) in [7, 11) is 2.33. The fourth-order valence-corrected chi connectivity index (χ4v) is 3.67. The number of ether oxygens (including phenoxy) is 3. The van der Waals surface area contributed by atoms with Gasteiger partial charge < -0.3 is 49.1 Å². The van der Waals surface area contributed by atoms with Crippen molar-refractivity contribution in [1.29, 1.82) is 0 Å². The molecule has 0 aromatic carbocycles. The number of aliphatic hydroxyl groups excluding tert-OH is 1. The van der Waals surface area contributed by atoms with Crippen molar-refractivity contribution in [3.63, 3.8) is 0 Å². The SMILES string of the molecule is [B]C1OC(C(O)CP(=O)(O)O)CC1(C)O.[B]C1OC(OCP(=O)(O)O)CC1(C)O. The van der Waals surface area contributed by atoms with E-state index in [-0.39, 0.29) is 12.8 Å². The van der Waals surface area contributed by atoms with Crippen molar-refractivity contribution in [3.05, 3.63) is 0 Å². The van der Waals surface area contributed by atoms with Crippen molar-refractivity contribution in [2.75, 3.05) is 12.5 Å². The number of hydrogen-bond acceptors (Lipinski definition) is 8. The third-order valence-corrected chi connectivity index (χ3v) is 5.66. The molecule has 2 aliphatic rings. The van der Waals surface area contributed by atoms with Gasteiger partial charge in [-0.05, 0) is 13.8 Å². The first-order chi connectivity index (χ1) is 12.8. The molecular weight excluding hydrogens is 432 g/mol. The summed E-state index contributed by atoms with van der Waals surface area (Å²) in [5.41, 5.74) is -2.50. The van der Waals surface area contributed by atoms with Crippen LogP contribution in [-0.2, 0) is 23.3 Å². The molecule has 7 atom stereocenters. The summed E-state index contributed by atoms with van der Waals surface area (Å²) < 4.78 is 35.8. The zero-order chi connectivity index (χ0) is 22.8. The Labute approximate surface area is 170 Å². The van der Waals surface area contributed by atoms with E-state index in [9.17, 15) is 24.4 Å². The Morgan fingerprint density at radius 2 is 1.48 bits per heavy atom. The molecule has 7 N–H and O–H groups in total. The van der Waals surface area contributed by atoms with Crippen LogP contribution in [0.2, 0.25) is 0 Å². The van der Waals surface area contributed by atoms with Gasteiger partial charge in [0.1, 0.15) is 15.7 Å². The molecule has 0 aliphatic carbocycles. The van der Waals surface area contributed by atoms with Crippen molar-refractivity contribution in [1.82, 2.24) is 0 Å². The summed E-state index contributed by atoms with van der Waals surface area (Å²) in [4.78, 5) is 34.3. The Bertz CT molecular complexity index is 635. The highest BCUT2D eigenvalue weighted by Crippen LogP contribution is 2.39. The molecule has 2 saturated heterocycles. The molecule has 0 aromatic rings. The lowest BCUT2D eigenvalue weighted by atomic mass is 9.83. The molecule has 12 nitrogen and oxygen atoms in total. The van der Waals surface area contributed by atoms with Crippen molar-refractivity contribution in [2.24, 2.45) is 0 Å². The lowest BCUT2D eigenvalue weighted by Gasteiger charge is -2.19. The largest absolute Gasteiger partial charge is 0.390 e. The average molecular weight is 458 g/mol. The Hall–Kier alpha value is 0.190. The average Bonchev–Trinajstić information content (AvgIpc) is 2.91. The van der Waals surface area contributed by atoms with Crippen LogP contribution >= 0.6 is 15.2 Å². The summed E-state index contributed by atoms with van der Waals surface area (Å²) >= 11 is 0. The lowest BCUT2D eigenvalue weighted by molar-refractivity contribution is -0.109. The summed E-state index contributed by atoms with van der Waals surface area (Å²) in [6.45, 7) is 2.92. The van der Waals surface area contributed by atoms with Crippen molar-refractivity contribution in [3.8, 4) is 0 Å². The van der Waals surface area contributed by atoms with Crippen LogP contribution in [0, 0.1) is 0 Å². The molecular formula is C13H26B2O12P2. The highest BCUT2D eigenvalue weighted by molar-refractivity contribution is 7.51. The van der Waals surface area contributed by atoms with Gasteiger partial charge in [0.25, 0.3) is 0 Å². The molecule has 7 unspecified atom stereocenters. The second-order valence-corrected chi connectivity index (χ2v) is 10.9. The molecule has 29 heavy (non-hydrogen) atoms. The maximum Gasteiger partial charge on any atom is 0.351 e. The Balaban J connectivity index is 0.000000291. The van der Waals surface area contributed by atoms with Gasteiger partial charge in [0.2, 0.25) is 0 Å². The zero-order valence-electron chi connectivity index (χ0n) is 15.9. The van der Waals surface area contributed by atoms with Gasteiger partial charge in [0.05, 0.1) is 29.6 Å². The molecule has 4 radical (unpaired) electrons. The minimum absolute atomic E-state index is 0.0509. The smallest absolute Gasteiger partial charge is 0.351 e. The predicted octanol–water partition coefficient (Wildman–Crippen LogP) is -2.31. The summed E-state index contributed by atoms with van der Waals surface area (Å²) in [5.74, 6) is 0. The van der Waals surface area contributed by atoms with E-state index in [1.54, 1.807) is 0 Å². The van der Waals surface area contributed by atoms with E-state index in [0.29, 0.717) is 0 Å². The highest BCUT2D eigenvalue weighted by Gasteiger charge is 2.44. The molecule has 0 aromatic heterocycles. The number of aliphatic hydroxyl groups is 3. The lowest BCUT2D eigenvalue weighted by Crippen LogP contribution is -2.34. The van der Waals surface area contributed by atoms with Crippen LogP contribution in [0.4, 0.5) is 0 Å². The topological polar surface area (TPSA) is 203 Å². The fraction of sp³-hybridized carbons (Fsp3) is 1.00. The maximum atomic E-state index is 10.6. The van der Waals surface area contributed by atoms with Gasteiger partial charge in [-0.25, -0.2) is 0 Å². The van der Waals surface area contributed by atoms with Crippen LogP contribution in [0.15, 0.2) is 0 Å². The van der Waals surface area contributed by atoms with Crippen LogP contribution in [0.3, 0.4) is 0 Å². The third-order valence-electron chi connectivity index (χ3n) is 4.32. The molecule has 166 valence electrons. The van der Waals surface area contributed by atoms with Gasteiger partial charge >= 0.3 is 15.2 Å². The number of rotatable bonds is 6. The minimum atomic E-state index is -4.29. The van der Waals surface area contributed by atoms with E-state index in [0.717, 1.165) is 0 Å². The molecule has 0 saturated carbocycles. The first-order valence-electron chi connectivity index (χ1n) is 8.48. The second-order valence-electron chi connectivity index (χ2n) is 7.58. The van der Waals surface area contributed by atoms with Gasteiger partial charge in [-0.15, -0.1) is 0 Å². The van der Waals surface area contributed by atoms with Crippen LogP contribution in [0.25, 0.3) is 0 Å². The fourth-order valence-electron chi connectivity index (χ4n) is 2.58. The molecule has 0 spiro atoms. The Morgan fingerprint density at radius 1 is 1.00 bits per heavy atom. The quantitative estimate of drug-likeness (QED) is 0.166. The zero-order valence-corrected chi connectivity index (χ0v) is 17.7. The Morgan fingerprint density at radius 3 is 1.83 bits per heavy atom. The van der Waals surface area contributed by atoms with Crippen LogP contribution in [0.1, 0.15) is 26.7 Å². The monoisotopic (exact) mass is 458 g/mol. The van der Waals surface area contributed by atoms with Gasteiger partial charge in [0, 0.05) is 24.8 Å². The maximum absolute atomic E-state index is 10.6. The highest BCUT2D eigenvalue weighted by atomic mass is 31.2. The van der Waals surface area contributed by atoms with E-state index in [4.69, 9.17) is 49.5 Å². The van der Waals surface area contributed by atoms with Crippen molar-refractivity contribution < 1.29 is 58.2 Å². The standard InChI is InChI=1S/C7H14BO6P.C6H12BO6P/c1-7(10)2-5(14-6(7)8)4(9)3-15(11,12)13;1-6(8)2-4(13-5(6)7)12-3-14(9,10)11/h4-6,9-10H,2-3H2,1H3,(H2,11,12,13);4-5,8H,2-3H2,1H3,(H2,9,10,11). The number of hydrogen-bond donors (Lipinski definition) is 7. The summed E-state index contributed by atoms with van der Waals surface area (Å²) in [5, 5.41) is 28.6. The van der Waals surface area contributed by atoms with E-state index >= 15 is 0 Å². The van der Waals surface area contributed by atoms with Crippen molar-refractivity contribution in [2.45, 2.75) is 68.4 Å². The van der Waals surface area contributed by atoms with E-state index < -0.39 is 69.4 Å². The first-order valence-corrected chi connectivity index (χ1v) is 12.1. The van der Waals surface area contributed by atoms with E-state index in [2.05, 4.69) is 0 Å². The van der Waals surface area contributed by atoms with Crippen LogP contribution in [0.5, 0.6) is 0 Å².